The highest BCUT2D eigenvalue weighted by atomic mass is 15.1. The van der Waals surface area contributed by atoms with Gasteiger partial charge in [0.05, 0.1) is 0 Å². The smallest absolute Gasteiger partial charge is 0.0396 e. The summed E-state index contributed by atoms with van der Waals surface area (Å²) in [5.74, 6) is 0.785. The van der Waals surface area contributed by atoms with Gasteiger partial charge in [0.15, 0.2) is 0 Å². The molecule has 1 N–H and O–H groups in total. The molecule has 0 aromatic carbocycles. The molecule has 0 amide bonds. The van der Waals surface area contributed by atoms with E-state index in [4.69, 9.17) is 0 Å². The van der Waals surface area contributed by atoms with Crippen molar-refractivity contribution in [3.05, 3.63) is 23.5 Å². The van der Waals surface area contributed by atoms with Gasteiger partial charge in [0, 0.05) is 30.2 Å². The zero-order valence-corrected chi connectivity index (χ0v) is 11.9. The van der Waals surface area contributed by atoms with Crippen LogP contribution in [-0.2, 0) is 0 Å². The van der Waals surface area contributed by atoms with Crippen molar-refractivity contribution in [1.82, 2.24) is 9.88 Å². The van der Waals surface area contributed by atoms with Crippen LogP contribution in [-0.4, -0.2) is 36.1 Å². The Morgan fingerprint density at radius 1 is 1.33 bits per heavy atom. The van der Waals surface area contributed by atoms with Crippen LogP contribution >= 0.6 is 0 Å². The number of likely N-dealkylation sites (tertiary alicyclic amines) is 1. The van der Waals surface area contributed by atoms with Crippen LogP contribution in [0.2, 0.25) is 0 Å². The molecule has 1 saturated heterocycles. The second-order valence-corrected chi connectivity index (χ2v) is 5.42. The monoisotopic (exact) mass is 247 g/mol. The number of nitrogens with one attached hydrogen (secondary N) is 1. The average molecular weight is 247 g/mol. The minimum absolute atomic E-state index is 0.785. The standard InChI is InChI=1S/C15H25N3/c1-4-18-7-5-6-14(11-18)10-16-15-8-12(2)17-13(3)9-15/h8-9,14H,4-7,10-11H2,1-3H3,(H,16,17). The van der Waals surface area contributed by atoms with Gasteiger partial charge in [0.25, 0.3) is 0 Å². The highest BCUT2D eigenvalue weighted by molar-refractivity contribution is 5.45. The number of pyridine rings is 1. The van der Waals surface area contributed by atoms with Gasteiger partial charge in [-0.2, -0.15) is 0 Å². The summed E-state index contributed by atoms with van der Waals surface area (Å²) in [6.07, 6.45) is 2.70. The first-order valence-electron chi connectivity index (χ1n) is 7.09. The Balaban J connectivity index is 1.87. The molecule has 0 bridgehead atoms. The molecule has 100 valence electrons. The van der Waals surface area contributed by atoms with Crippen LogP contribution in [0.25, 0.3) is 0 Å². The Hall–Kier alpha value is -1.09. The molecule has 3 nitrogen and oxygen atoms in total. The van der Waals surface area contributed by atoms with Crippen LogP contribution < -0.4 is 5.32 Å². The Morgan fingerprint density at radius 2 is 2.06 bits per heavy atom. The third kappa shape index (κ3) is 3.70. The van der Waals surface area contributed by atoms with E-state index < -0.39 is 0 Å². The van der Waals surface area contributed by atoms with Gasteiger partial charge in [-0.25, -0.2) is 0 Å². The lowest BCUT2D eigenvalue weighted by Gasteiger charge is -2.32. The minimum Gasteiger partial charge on any atom is -0.385 e. The summed E-state index contributed by atoms with van der Waals surface area (Å²) in [4.78, 5) is 6.96. The maximum absolute atomic E-state index is 4.41. The molecule has 1 aromatic heterocycles. The molecule has 0 aliphatic carbocycles. The molecular formula is C15H25N3. The van der Waals surface area contributed by atoms with Gasteiger partial charge in [-0.3, -0.25) is 4.98 Å². The Kier molecular flexibility index (Phi) is 4.59. The number of piperidine rings is 1. The second kappa shape index (κ2) is 6.19. The van der Waals surface area contributed by atoms with E-state index in [1.54, 1.807) is 0 Å². The molecular weight excluding hydrogens is 222 g/mol. The van der Waals surface area contributed by atoms with Gasteiger partial charge in [0.1, 0.15) is 0 Å². The summed E-state index contributed by atoms with van der Waals surface area (Å²) in [5, 5.41) is 3.57. The average Bonchev–Trinajstić information content (AvgIpc) is 2.35. The van der Waals surface area contributed by atoms with Gasteiger partial charge >= 0.3 is 0 Å². The molecule has 1 unspecified atom stereocenters. The number of aromatic nitrogens is 1. The summed E-state index contributed by atoms with van der Waals surface area (Å²) < 4.78 is 0. The van der Waals surface area contributed by atoms with Crippen LogP contribution in [0.4, 0.5) is 5.69 Å². The molecule has 2 heterocycles. The highest BCUT2D eigenvalue weighted by Crippen LogP contribution is 2.18. The second-order valence-electron chi connectivity index (χ2n) is 5.42. The van der Waals surface area contributed by atoms with Crippen molar-refractivity contribution in [2.24, 2.45) is 5.92 Å². The molecule has 1 aliphatic rings. The van der Waals surface area contributed by atoms with Gasteiger partial charge in [-0.05, 0) is 57.8 Å². The molecule has 18 heavy (non-hydrogen) atoms. The first-order chi connectivity index (χ1) is 8.67. The largest absolute Gasteiger partial charge is 0.385 e. The molecule has 1 fully saturated rings. The van der Waals surface area contributed by atoms with E-state index in [1.165, 1.54) is 38.2 Å². The van der Waals surface area contributed by atoms with Gasteiger partial charge in [-0.15, -0.1) is 0 Å². The SMILES string of the molecule is CCN1CCCC(CNc2cc(C)nc(C)c2)C1. The first-order valence-corrected chi connectivity index (χ1v) is 7.09. The fourth-order valence-electron chi connectivity index (χ4n) is 2.80. The third-order valence-electron chi connectivity index (χ3n) is 3.73. The lowest BCUT2D eigenvalue weighted by molar-refractivity contribution is 0.189. The summed E-state index contributed by atoms with van der Waals surface area (Å²) in [5.41, 5.74) is 3.40. The summed E-state index contributed by atoms with van der Waals surface area (Å²) >= 11 is 0. The fourth-order valence-corrected chi connectivity index (χ4v) is 2.80. The van der Waals surface area contributed by atoms with Crippen molar-refractivity contribution in [3.63, 3.8) is 0 Å². The molecule has 1 aliphatic heterocycles. The van der Waals surface area contributed by atoms with Crippen molar-refractivity contribution in [1.29, 1.82) is 0 Å². The maximum Gasteiger partial charge on any atom is 0.0396 e. The Labute approximate surface area is 111 Å². The zero-order valence-electron chi connectivity index (χ0n) is 11.9. The van der Waals surface area contributed by atoms with Crippen molar-refractivity contribution in [2.45, 2.75) is 33.6 Å². The van der Waals surface area contributed by atoms with Gasteiger partial charge in [0.2, 0.25) is 0 Å². The van der Waals surface area contributed by atoms with Crippen LogP contribution in [0.15, 0.2) is 12.1 Å². The molecule has 3 heteroatoms. The van der Waals surface area contributed by atoms with E-state index >= 15 is 0 Å². The quantitative estimate of drug-likeness (QED) is 0.887. The number of aryl methyl sites for hydroxylation is 2. The summed E-state index contributed by atoms with van der Waals surface area (Å²) in [7, 11) is 0. The van der Waals surface area contributed by atoms with Crippen LogP contribution in [0.5, 0.6) is 0 Å². The van der Waals surface area contributed by atoms with E-state index in [0.29, 0.717) is 0 Å². The van der Waals surface area contributed by atoms with Gasteiger partial charge < -0.3 is 10.2 Å². The number of hydrogen-bond donors (Lipinski definition) is 1. The minimum atomic E-state index is 0.785. The Bertz CT molecular complexity index is 369. The molecule has 1 aromatic rings. The van der Waals surface area contributed by atoms with Crippen LogP contribution in [0, 0.1) is 19.8 Å². The highest BCUT2D eigenvalue weighted by Gasteiger charge is 2.18. The predicted molar refractivity (Wildman–Crippen MR) is 77.0 cm³/mol. The number of anilines is 1. The van der Waals surface area contributed by atoms with E-state index in [-0.39, 0.29) is 0 Å². The first kappa shape index (κ1) is 13.3. The molecule has 0 radical (unpaired) electrons. The topological polar surface area (TPSA) is 28.2 Å². The van der Waals surface area contributed by atoms with Crippen molar-refractivity contribution in [2.75, 3.05) is 31.5 Å². The van der Waals surface area contributed by atoms with E-state index in [9.17, 15) is 0 Å². The predicted octanol–water partition coefficient (Wildman–Crippen LogP) is 2.84. The summed E-state index contributed by atoms with van der Waals surface area (Å²) in [6, 6.07) is 4.26. The van der Waals surface area contributed by atoms with E-state index in [2.05, 4.69) is 48.1 Å². The lowest BCUT2D eigenvalue weighted by atomic mass is 9.98. The fraction of sp³-hybridized carbons (Fsp3) is 0.667. The molecule has 2 rings (SSSR count). The maximum atomic E-state index is 4.41. The summed E-state index contributed by atoms with van der Waals surface area (Å²) in [6.45, 7) is 11.1. The molecule has 0 spiro atoms. The van der Waals surface area contributed by atoms with Crippen molar-refractivity contribution < 1.29 is 0 Å². The van der Waals surface area contributed by atoms with Crippen molar-refractivity contribution in [3.8, 4) is 0 Å². The lowest BCUT2D eigenvalue weighted by Crippen LogP contribution is -2.37. The van der Waals surface area contributed by atoms with Crippen LogP contribution in [0.3, 0.4) is 0 Å². The van der Waals surface area contributed by atoms with E-state index in [0.717, 1.165) is 23.9 Å². The third-order valence-corrected chi connectivity index (χ3v) is 3.73. The zero-order chi connectivity index (χ0) is 13.0. The molecule has 0 saturated carbocycles. The number of rotatable bonds is 4. The number of hydrogen-bond acceptors (Lipinski definition) is 3. The van der Waals surface area contributed by atoms with Crippen LogP contribution in [0.1, 0.15) is 31.2 Å². The Morgan fingerprint density at radius 3 is 2.72 bits per heavy atom. The molecule has 1 atom stereocenters. The van der Waals surface area contributed by atoms with Crippen molar-refractivity contribution >= 4 is 5.69 Å². The van der Waals surface area contributed by atoms with E-state index in [1.807, 2.05) is 0 Å². The normalized spacial score (nSPS) is 20.9. The number of nitrogens with zero attached hydrogens (tertiary/aromatic N) is 2. The van der Waals surface area contributed by atoms with Gasteiger partial charge in [-0.1, -0.05) is 6.92 Å².